The number of hydrogen-bond acceptors (Lipinski definition) is 5. The molecule has 0 saturated carbocycles. The smallest absolute Gasteiger partial charge is 0.338 e. The number of esters is 1. The molecule has 0 radical (unpaired) electrons. The number of carbonyl (C=O) groups excluding carboxylic acids is 1. The molecule has 0 amide bonds. The summed E-state index contributed by atoms with van der Waals surface area (Å²) in [7, 11) is 0. The third-order valence-electron chi connectivity index (χ3n) is 4.29. The number of nitrogens with one attached hydrogen (secondary N) is 1. The first-order valence-corrected chi connectivity index (χ1v) is 8.23. The second kappa shape index (κ2) is 6.05. The van der Waals surface area contributed by atoms with Crippen LogP contribution in [0.5, 0.6) is 0 Å². The predicted molar refractivity (Wildman–Crippen MR) is 95.1 cm³/mol. The molecule has 0 unspecified atom stereocenters. The first-order valence-electron chi connectivity index (χ1n) is 8.23. The third-order valence-corrected chi connectivity index (χ3v) is 4.29. The van der Waals surface area contributed by atoms with Crippen molar-refractivity contribution in [2.75, 3.05) is 11.9 Å². The first-order chi connectivity index (χ1) is 12.2. The van der Waals surface area contributed by atoms with Crippen molar-refractivity contribution in [1.29, 1.82) is 0 Å². The lowest BCUT2D eigenvalue weighted by atomic mass is 9.99. The zero-order valence-corrected chi connectivity index (χ0v) is 14.1. The van der Waals surface area contributed by atoms with E-state index in [9.17, 15) is 4.79 Å². The number of hydrogen-bond donors (Lipinski definition) is 1. The summed E-state index contributed by atoms with van der Waals surface area (Å²) in [4.78, 5) is 21.8. The topological polar surface area (TPSA) is 69.0 Å². The normalized spacial score (nSPS) is 16.5. The van der Waals surface area contributed by atoms with Gasteiger partial charge in [-0.3, -0.25) is 9.55 Å². The fraction of sp³-hybridized carbons (Fsp3) is 0.211. The van der Waals surface area contributed by atoms with Gasteiger partial charge in [0.2, 0.25) is 5.95 Å². The number of allylic oxidation sites excluding steroid dienone is 1. The highest BCUT2D eigenvalue weighted by Gasteiger charge is 2.35. The van der Waals surface area contributed by atoms with E-state index < -0.39 is 0 Å². The number of carbonyl (C=O) groups is 1. The Balaban J connectivity index is 1.98. The van der Waals surface area contributed by atoms with Crippen LogP contribution in [0.4, 0.5) is 5.95 Å². The van der Waals surface area contributed by atoms with Gasteiger partial charge in [-0.1, -0.05) is 18.2 Å². The summed E-state index contributed by atoms with van der Waals surface area (Å²) in [5, 5.41) is 3.24. The van der Waals surface area contributed by atoms with Crippen molar-refractivity contribution < 1.29 is 9.53 Å². The van der Waals surface area contributed by atoms with Crippen molar-refractivity contribution in [3.05, 3.63) is 65.6 Å². The maximum absolute atomic E-state index is 12.7. The molecule has 126 valence electrons. The molecule has 1 aliphatic heterocycles. The molecule has 2 aromatic heterocycles. The van der Waals surface area contributed by atoms with Gasteiger partial charge in [0.15, 0.2) is 0 Å². The number of imidazole rings is 1. The van der Waals surface area contributed by atoms with E-state index in [1.807, 2.05) is 54.0 Å². The molecule has 25 heavy (non-hydrogen) atoms. The Bertz CT molecular complexity index is 976. The van der Waals surface area contributed by atoms with E-state index >= 15 is 0 Å². The van der Waals surface area contributed by atoms with E-state index in [-0.39, 0.29) is 12.0 Å². The molecule has 0 aliphatic carbocycles. The van der Waals surface area contributed by atoms with Crippen molar-refractivity contribution in [3.8, 4) is 0 Å². The zero-order valence-electron chi connectivity index (χ0n) is 14.1. The molecule has 4 rings (SSSR count). The number of rotatable bonds is 3. The third kappa shape index (κ3) is 2.46. The van der Waals surface area contributed by atoms with Crippen LogP contribution >= 0.6 is 0 Å². The monoisotopic (exact) mass is 334 g/mol. The summed E-state index contributed by atoms with van der Waals surface area (Å²) in [6, 6.07) is 13.2. The van der Waals surface area contributed by atoms with Gasteiger partial charge in [-0.05, 0) is 38.1 Å². The average molecular weight is 334 g/mol. The van der Waals surface area contributed by atoms with Gasteiger partial charge in [-0.2, -0.15) is 0 Å². The average Bonchev–Trinajstić information content (AvgIpc) is 2.99. The number of pyridine rings is 1. The fourth-order valence-electron chi connectivity index (χ4n) is 3.25. The number of anilines is 1. The second-order valence-corrected chi connectivity index (χ2v) is 5.84. The number of fused-ring (bicyclic) bond motifs is 3. The summed E-state index contributed by atoms with van der Waals surface area (Å²) in [6.45, 7) is 3.99. The van der Waals surface area contributed by atoms with Gasteiger partial charge in [0.1, 0.15) is 6.04 Å². The lowest BCUT2D eigenvalue weighted by molar-refractivity contribution is -0.139. The number of para-hydroxylation sites is 2. The van der Waals surface area contributed by atoms with Crippen LogP contribution in [0.2, 0.25) is 0 Å². The molecule has 0 bridgehead atoms. The van der Waals surface area contributed by atoms with Gasteiger partial charge in [0, 0.05) is 11.9 Å². The summed E-state index contributed by atoms with van der Waals surface area (Å²) >= 11 is 0. The standard InChI is InChI=1S/C19H18N4O2/c1-3-25-18(24)16-12(2)21-19-22-13-8-4-5-10-15(13)23(19)17(16)14-9-6-7-11-20-14/h4-11,17H,3H2,1-2H3,(H,21,22)/t17-/m0/s1. The van der Waals surface area contributed by atoms with Crippen LogP contribution < -0.4 is 5.32 Å². The lowest BCUT2D eigenvalue weighted by Crippen LogP contribution is -2.29. The highest BCUT2D eigenvalue weighted by atomic mass is 16.5. The molecule has 1 N–H and O–H groups in total. The quantitative estimate of drug-likeness (QED) is 0.745. The van der Waals surface area contributed by atoms with Crippen molar-refractivity contribution >= 4 is 23.0 Å². The van der Waals surface area contributed by atoms with Gasteiger partial charge in [-0.25, -0.2) is 9.78 Å². The number of ether oxygens (including phenoxy) is 1. The predicted octanol–water partition coefficient (Wildman–Crippen LogP) is 3.28. The van der Waals surface area contributed by atoms with Gasteiger partial charge in [0.05, 0.1) is 28.9 Å². The van der Waals surface area contributed by atoms with Crippen LogP contribution in [0, 0.1) is 0 Å². The van der Waals surface area contributed by atoms with Crippen LogP contribution in [-0.2, 0) is 9.53 Å². The first kappa shape index (κ1) is 15.4. The zero-order chi connectivity index (χ0) is 17.4. The number of benzene rings is 1. The largest absolute Gasteiger partial charge is 0.463 e. The van der Waals surface area contributed by atoms with Crippen molar-refractivity contribution in [2.24, 2.45) is 0 Å². The van der Waals surface area contributed by atoms with E-state index in [1.54, 1.807) is 13.1 Å². The maximum atomic E-state index is 12.7. The van der Waals surface area contributed by atoms with E-state index in [1.165, 1.54) is 0 Å². The summed E-state index contributed by atoms with van der Waals surface area (Å²) in [5.41, 5.74) is 3.86. The fourth-order valence-corrected chi connectivity index (χ4v) is 3.25. The molecular weight excluding hydrogens is 316 g/mol. The molecule has 0 spiro atoms. The molecule has 6 heteroatoms. The van der Waals surface area contributed by atoms with E-state index in [0.29, 0.717) is 18.1 Å². The van der Waals surface area contributed by atoms with Gasteiger partial charge in [0.25, 0.3) is 0 Å². The minimum Gasteiger partial charge on any atom is -0.463 e. The maximum Gasteiger partial charge on any atom is 0.338 e. The summed E-state index contributed by atoms with van der Waals surface area (Å²) < 4.78 is 7.32. The Kier molecular flexibility index (Phi) is 3.72. The minimum atomic E-state index is -0.385. The summed E-state index contributed by atoms with van der Waals surface area (Å²) in [6.07, 6.45) is 1.73. The molecular formula is C19H18N4O2. The van der Waals surface area contributed by atoms with Gasteiger partial charge >= 0.3 is 5.97 Å². The van der Waals surface area contributed by atoms with Crippen molar-refractivity contribution in [1.82, 2.24) is 14.5 Å². The molecule has 1 aromatic carbocycles. The van der Waals surface area contributed by atoms with E-state index in [4.69, 9.17) is 4.74 Å². The van der Waals surface area contributed by atoms with Crippen molar-refractivity contribution in [2.45, 2.75) is 19.9 Å². The van der Waals surface area contributed by atoms with Gasteiger partial charge in [-0.15, -0.1) is 0 Å². The number of aromatic nitrogens is 3. The molecule has 6 nitrogen and oxygen atoms in total. The second-order valence-electron chi connectivity index (χ2n) is 5.84. The van der Waals surface area contributed by atoms with Crippen LogP contribution in [0.1, 0.15) is 25.6 Å². The highest BCUT2D eigenvalue weighted by Crippen LogP contribution is 2.38. The van der Waals surface area contributed by atoms with Gasteiger partial charge < -0.3 is 10.1 Å². The van der Waals surface area contributed by atoms with Crippen LogP contribution in [-0.4, -0.2) is 27.1 Å². The molecule has 1 atom stereocenters. The number of nitrogens with zero attached hydrogens (tertiary/aromatic N) is 3. The molecule has 0 fully saturated rings. The van der Waals surface area contributed by atoms with Crippen molar-refractivity contribution in [3.63, 3.8) is 0 Å². The lowest BCUT2D eigenvalue weighted by Gasteiger charge is -2.29. The SMILES string of the molecule is CCOC(=O)C1=C(C)Nc2nc3ccccc3n2[C@H]1c1ccccn1. The highest BCUT2D eigenvalue weighted by molar-refractivity contribution is 5.93. The Morgan fingerprint density at radius 3 is 2.80 bits per heavy atom. The van der Waals surface area contributed by atoms with E-state index in [2.05, 4.69) is 15.3 Å². The Morgan fingerprint density at radius 2 is 2.04 bits per heavy atom. The van der Waals surface area contributed by atoms with Crippen LogP contribution in [0.25, 0.3) is 11.0 Å². The molecule has 3 heterocycles. The summed E-state index contributed by atoms with van der Waals surface area (Å²) in [5.74, 6) is 0.356. The van der Waals surface area contributed by atoms with Crippen LogP contribution in [0.15, 0.2) is 59.9 Å². The molecule has 0 saturated heterocycles. The van der Waals surface area contributed by atoms with Crippen LogP contribution in [0.3, 0.4) is 0 Å². The Labute approximate surface area is 145 Å². The molecule has 3 aromatic rings. The Morgan fingerprint density at radius 1 is 1.24 bits per heavy atom. The Hall–Kier alpha value is -3.15. The minimum absolute atomic E-state index is 0.322. The van der Waals surface area contributed by atoms with E-state index in [0.717, 1.165) is 22.4 Å². The molecule has 1 aliphatic rings.